The van der Waals surface area contributed by atoms with Crippen LogP contribution in [0.1, 0.15) is 0 Å². The molecule has 0 aliphatic heterocycles. The highest BCUT2D eigenvalue weighted by Crippen LogP contribution is 2.29. The third-order valence-corrected chi connectivity index (χ3v) is 4.56. The number of methoxy groups -OCH3 is 1. The molecule has 140 valence electrons. The highest BCUT2D eigenvalue weighted by molar-refractivity contribution is 6.33. The molecule has 3 N–H and O–H groups in total. The number of carbonyl (C=O) groups is 1. The number of anilines is 2. The summed E-state index contributed by atoms with van der Waals surface area (Å²) in [5.74, 6) is 0.557. The molecule has 28 heavy (non-hydrogen) atoms. The second-order valence-corrected chi connectivity index (χ2v) is 6.52. The van der Waals surface area contributed by atoms with E-state index in [4.69, 9.17) is 17.3 Å². The third-order valence-electron chi connectivity index (χ3n) is 4.23. The van der Waals surface area contributed by atoms with Gasteiger partial charge in [-0.05, 0) is 35.9 Å². The Balaban J connectivity index is 1.66. The van der Waals surface area contributed by atoms with Gasteiger partial charge in [0.1, 0.15) is 0 Å². The van der Waals surface area contributed by atoms with Gasteiger partial charge in [-0.15, -0.1) is 0 Å². The molecule has 0 saturated carbocycles. The van der Waals surface area contributed by atoms with E-state index < -0.39 is 6.09 Å². The van der Waals surface area contributed by atoms with Crippen molar-refractivity contribution in [2.75, 3.05) is 18.2 Å². The highest BCUT2D eigenvalue weighted by Gasteiger charge is 2.11. The average molecular weight is 394 g/mol. The van der Waals surface area contributed by atoms with Gasteiger partial charge in [0.15, 0.2) is 0 Å². The Morgan fingerprint density at radius 3 is 2.68 bits per heavy atom. The largest absolute Gasteiger partial charge is 0.453 e. The molecule has 2 heterocycles. The fraction of sp³-hybridized carbons (Fsp3) is 0.0500. The number of fused-ring (bicyclic) bond motifs is 1. The van der Waals surface area contributed by atoms with Crippen LogP contribution < -0.4 is 11.1 Å². The van der Waals surface area contributed by atoms with Crippen LogP contribution in [0.3, 0.4) is 0 Å². The van der Waals surface area contributed by atoms with Crippen molar-refractivity contribution in [3.63, 3.8) is 0 Å². The van der Waals surface area contributed by atoms with E-state index in [9.17, 15) is 4.79 Å². The number of halogens is 1. The van der Waals surface area contributed by atoms with Gasteiger partial charge in [-0.2, -0.15) is 0 Å². The van der Waals surface area contributed by atoms with Gasteiger partial charge in [0.2, 0.25) is 5.78 Å². The van der Waals surface area contributed by atoms with Gasteiger partial charge in [-0.3, -0.25) is 9.72 Å². The molecule has 2 aromatic heterocycles. The minimum Gasteiger partial charge on any atom is -0.453 e. The second-order valence-electron chi connectivity index (χ2n) is 6.11. The Morgan fingerprint density at radius 2 is 1.93 bits per heavy atom. The van der Waals surface area contributed by atoms with E-state index in [1.807, 2.05) is 28.9 Å². The van der Waals surface area contributed by atoms with E-state index in [1.54, 1.807) is 36.5 Å². The first-order valence-electron chi connectivity index (χ1n) is 8.39. The molecule has 0 fully saturated rings. The summed E-state index contributed by atoms with van der Waals surface area (Å²) in [6.07, 6.45) is 5.03. The van der Waals surface area contributed by atoms with Crippen LogP contribution in [0.25, 0.3) is 28.2 Å². The Bertz CT molecular complexity index is 1170. The summed E-state index contributed by atoms with van der Waals surface area (Å²) in [4.78, 5) is 20.2. The monoisotopic (exact) mass is 393 g/mol. The first-order chi connectivity index (χ1) is 13.5. The summed E-state index contributed by atoms with van der Waals surface area (Å²) in [5.41, 5.74) is 10.4. The van der Waals surface area contributed by atoms with Crippen LogP contribution >= 0.6 is 11.6 Å². The van der Waals surface area contributed by atoms with Gasteiger partial charge < -0.3 is 10.5 Å². The SMILES string of the molecule is COC(=O)Nc1ccc(-c2cnc3nc(-c4cc(N)ccc4Cl)cn3c2)cc1. The molecule has 0 unspecified atom stereocenters. The van der Waals surface area contributed by atoms with Crippen LogP contribution in [0.4, 0.5) is 16.2 Å². The number of carbonyl (C=O) groups excluding carboxylic acids is 1. The van der Waals surface area contributed by atoms with Crippen LogP contribution in [-0.2, 0) is 4.74 Å². The van der Waals surface area contributed by atoms with Crippen molar-refractivity contribution in [2.24, 2.45) is 0 Å². The van der Waals surface area contributed by atoms with Crippen molar-refractivity contribution in [3.8, 4) is 22.4 Å². The summed E-state index contributed by atoms with van der Waals surface area (Å²) in [5, 5.41) is 3.19. The van der Waals surface area contributed by atoms with E-state index in [1.165, 1.54) is 7.11 Å². The van der Waals surface area contributed by atoms with Crippen LogP contribution in [-0.4, -0.2) is 27.6 Å². The number of nitrogens with one attached hydrogen (secondary N) is 1. The van der Waals surface area contributed by atoms with E-state index in [0.29, 0.717) is 27.9 Å². The van der Waals surface area contributed by atoms with E-state index in [2.05, 4.69) is 20.0 Å². The average Bonchev–Trinajstić information content (AvgIpc) is 3.13. The zero-order chi connectivity index (χ0) is 19.7. The van der Waals surface area contributed by atoms with Crippen molar-refractivity contribution < 1.29 is 9.53 Å². The van der Waals surface area contributed by atoms with E-state index in [-0.39, 0.29) is 0 Å². The molecule has 0 radical (unpaired) electrons. The number of hydrogen-bond acceptors (Lipinski definition) is 5. The summed E-state index contributed by atoms with van der Waals surface area (Å²) < 4.78 is 6.42. The van der Waals surface area contributed by atoms with Gasteiger partial charge in [-0.1, -0.05) is 23.7 Å². The predicted molar refractivity (Wildman–Crippen MR) is 109 cm³/mol. The number of nitrogens with two attached hydrogens (primary N) is 1. The number of ether oxygens (including phenoxy) is 1. The van der Waals surface area contributed by atoms with Crippen LogP contribution in [0.15, 0.2) is 61.1 Å². The molecule has 0 saturated heterocycles. The fourth-order valence-electron chi connectivity index (χ4n) is 2.82. The maximum atomic E-state index is 11.3. The first-order valence-corrected chi connectivity index (χ1v) is 8.77. The molecule has 0 atom stereocenters. The molecule has 4 aromatic rings. The number of amides is 1. The molecular formula is C20H16ClN5O2. The highest BCUT2D eigenvalue weighted by atomic mass is 35.5. The Labute approximate surface area is 165 Å². The van der Waals surface area contributed by atoms with Gasteiger partial charge in [0.25, 0.3) is 0 Å². The van der Waals surface area contributed by atoms with Gasteiger partial charge >= 0.3 is 6.09 Å². The summed E-state index contributed by atoms with van der Waals surface area (Å²) in [7, 11) is 1.32. The minimum atomic E-state index is -0.512. The molecule has 7 nitrogen and oxygen atoms in total. The number of imidazole rings is 1. The summed E-state index contributed by atoms with van der Waals surface area (Å²) >= 11 is 6.28. The molecule has 2 aromatic carbocycles. The van der Waals surface area contributed by atoms with Crippen LogP contribution in [0, 0.1) is 0 Å². The number of nitrogens with zero attached hydrogens (tertiary/aromatic N) is 3. The number of nitrogen functional groups attached to an aromatic ring is 1. The van der Waals surface area contributed by atoms with Gasteiger partial charge in [0, 0.05) is 41.1 Å². The zero-order valence-corrected chi connectivity index (χ0v) is 15.6. The van der Waals surface area contributed by atoms with Crippen molar-refractivity contribution in [2.45, 2.75) is 0 Å². The molecular weight excluding hydrogens is 378 g/mol. The topological polar surface area (TPSA) is 94.5 Å². The van der Waals surface area contributed by atoms with Crippen molar-refractivity contribution in [1.82, 2.24) is 14.4 Å². The molecule has 0 aliphatic carbocycles. The second kappa shape index (κ2) is 7.21. The van der Waals surface area contributed by atoms with Crippen LogP contribution in [0.5, 0.6) is 0 Å². The lowest BCUT2D eigenvalue weighted by Gasteiger charge is -2.06. The summed E-state index contributed by atoms with van der Waals surface area (Å²) in [6.45, 7) is 0. The lowest BCUT2D eigenvalue weighted by atomic mass is 10.1. The normalized spacial score (nSPS) is 10.8. The molecule has 8 heteroatoms. The number of aromatic nitrogens is 3. The summed E-state index contributed by atoms with van der Waals surface area (Å²) in [6, 6.07) is 12.7. The Kier molecular flexibility index (Phi) is 4.58. The fourth-order valence-corrected chi connectivity index (χ4v) is 3.03. The smallest absolute Gasteiger partial charge is 0.411 e. The molecule has 0 aliphatic rings. The van der Waals surface area contributed by atoms with E-state index >= 15 is 0 Å². The zero-order valence-electron chi connectivity index (χ0n) is 14.9. The third kappa shape index (κ3) is 3.47. The predicted octanol–water partition coefficient (Wildman–Crippen LogP) is 4.48. The minimum absolute atomic E-state index is 0.512. The number of rotatable bonds is 3. The molecule has 1 amide bonds. The van der Waals surface area contributed by atoms with E-state index in [0.717, 1.165) is 16.7 Å². The van der Waals surface area contributed by atoms with Gasteiger partial charge in [-0.25, -0.2) is 14.8 Å². The lowest BCUT2D eigenvalue weighted by molar-refractivity contribution is 0.187. The molecule has 0 spiro atoms. The van der Waals surface area contributed by atoms with Gasteiger partial charge in [0.05, 0.1) is 17.8 Å². The van der Waals surface area contributed by atoms with Crippen molar-refractivity contribution in [3.05, 3.63) is 66.1 Å². The first kappa shape index (κ1) is 17.8. The van der Waals surface area contributed by atoms with Crippen LogP contribution in [0.2, 0.25) is 5.02 Å². The standard InChI is InChI=1S/C20H16ClN5O2/c1-28-20(27)24-15-5-2-12(3-6-15)13-9-23-19-25-18(11-26(19)10-13)16-8-14(22)4-7-17(16)21/h2-11H,22H2,1H3,(H,24,27). The quantitative estimate of drug-likeness (QED) is 0.500. The van der Waals surface area contributed by atoms with Crippen molar-refractivity contribution in [1.29, 1.82) is 0 Å². The maximum Gasteiger partial charge on any atom is 0.411 e. The number of benzene rings is 2. The Morgan fingerprint density at radius 1 is 1.14 bits per heavy atom. The molecule has 4 rings (SSSR count). The lowest BCUT2D eigenvalue weighted by Crippen LogP contribution is -2.10. The Hall–Kier alpha value is -3.58. The maximum absolute atomic E-state index is 11.3. The number of hydrogen-bond donors (Lipinski definition) is 2. The van der Waals surface area contributed by atoms with Crippen molar-refractivity contribution >= 4 is 34.8 Å². The molecule has 0 bridgehead atoms.